The second-order valence-corrected chi connectivity index (χ2v) is 5.07. The maximum atomic E-state index is 10.8. The van der Waals surface area contributed by atoms with Gasteiger partial charge in [-0.05, 0) is 16.7 Å². The number of hydrogen-bond acceptors (Lipinski definition) is 4. The summed E-state index contributed by atoms with van der Waals surface area (Å²) >= 11 is 0. The second-order valence-electron chi connectivity index (χ2n) is 5.07. The Hall–Kier alpha value is -2.24. The molecular formula is C16H16N2O3. The molecule has 0 amide bonds. The van der Waals surface area contributed by atoms with E-state index in [-0.39, 0.29) is 16.7 Å². The fraction of sp³-hybridized carbons (Fsp3) is 0.250. The molecule has 0 radical (unpaired) electrons. The fourth-order valence-electron chi connectivity index (χ4n) is 2.57. The van der Waals surface area contributed by atoms with Crippen molar-refractivity contribution in [2.75, 3.05) is 6.61 Å². The first-order chi connectivity index (χ1) is 10.2. The molecule has 1 atom stereocenters. The van der Waals surface area contributed by atoms with Crippen molar-refractivity contribution in [3.63, 3.8) is 0 Å². The van der Waals surface area contributed by atoms with Gasteiger partial charge in [0.2, 0.25) is 0 Å². The number of rotatable bonds is 4. The van der Waals surface area contributed by atoms with E-state index in [1.165, 1.54) is 17.2 Å². The van der Waals surface area contributed by atoms with Crippen molar-refractivity contribution in [2.45, 2.75) is 19.2 Å². The predicted molar refractivity (Wildman–Crippen MR) is 78.8 cm³/mol. The summed E-state index contributed by atoms with van der Waals surface area (Å²) in [5, 5.41) is 14.2. The van der Waals surface area contributed by atoms with E-state index in [1.807, 2.05) is 18.2 Å². The van der Waals surface area contributed by atoms with Crippen LogP contribution in [0, 0.1) is 10.1 Å². The Morgan fingerprint density at radius 2 is 2.10 bits per heavy atom. The molecule has 3 rings (SSSR count). The molecule has 1 aliphatic rings. The first-order valence-corrected chi connectivity index (χ1v) is 6.86. The number of non-ortho nitro benzene ring substituents is 1. The molecule has 0 spiro atoms. The molecule has 1 heterocycles. The lowest BCUT2D eigenvalue weighted by atomic mass is 9.99. The number of nitro benzene ring substituents is 1. The Balaban J connectivity index is 1.71. The topological polar surface area (TPSA) is 64.4 Å². The Kier molecular flexibility index (Phi) is 3.94. The van der Waals surface area contributed by atoms with Gasteiger partial charge in [0, 0.05) is 18.7 Å². The van der Waals surface area contributed by atoms with E-state index < -0.39 is 0 Å². The van der Waals surface area contributed by atoms with Crippen LogP contribution < -0.4 is 5.32 Å². The van der Waals surface area contributed by atoms with E-state index in [0.717, 1.165) is 5.56 Å². The quantitative estimate of drug-likeness (QED) is 0.692. The molecule has 2 aromatic carbocycles. The average molecular weight is 284 g/mol. The summed E-state index contributed by atoms with van der Waals surface area (Å²) in [5.41, 5.74) is 3.45. The van der Waals surface area contributed by atoms with E-state index in [2.05, 4.69) is 17.4 Å². The molecule has 21 heavy (non-hydrogen) atoms. The second kappa shape index (κ2) is 6.03. The summed E-state index contributed by atoms with van der Waals surface area (Å²) in [7, 11) is 0. The lowest BCUT2D eigenvalue weighted by Gasteiger charge is -2.26. The van der Waals surface area contributed by atoms with E-state index in [9.17, 15) is 10.1 Å². The van der Waals surface area contributed by atoms with Crippen LogP contribution in [0.2, 0.25) is 0 Å². The lowest BCUT2D eigenvalue weighted by Crippen LogP contribution is -2.29. The number of fused-ring (bicyclic) bond motifs is 1. The summed E-state index contributed by atoms with van der Waals surface area (Å²) in [6, 6.07) is 15.0. The predicted octanol–water partition coefficient (Wildman–Crippen LogP) is 2.96. The summed E-state index contributed by atoms with van der Waals surface area (Å²) < 4.78 is 5.59. The summed E-state index contributed by atoms with van der Waals surface area (Å²) in [5.74, 6) is 0. The minimum atomic E-state index is -0.372. The minimum absolute atomic E-state index is 0.120. The maximum absolute atomic E-state index is 10.8. The number of benzene rings is 2. The highest BCUT2D eigenvalue weighted by atomic mass is 16.6. The van der Waals surface area contributed by atoms with Crippen molar-refractivity contribution in [1.29, 1.82) is 0 Å². The fourth-order valence-corrected chi connectivity index (χ4v) is 2.57. The van der Waals surface area contributed by atoms with Crippen LogP contribution in [0.4, 0.5) is 5.69 Å². The smallest absolute Gasteiger partial charge is 0.269 e. The molecule has 0 aromatic heterocycles. The SMILES string of the molecule is O=[N+]([O-])c1cccc(CNC2COCc3ccccc32)c1. The van der Waals surface area contributed by atoms with Crippen molar-refractivity contribution in [2.24, 2.45) is 0 Å². The molecule has 0 saturated carbocycles. The molecule has 1 N–H and O–H groups in total. The number of nitrogens with zero attached hydrogens (tertiary/aromatic N) is 1. The number of nitro groups is 1. The Morgan fingerprint density at radius 3 is 2.95 bits per heavy atom. The molecule has 1 unspecified atom stereocenters. The van der Waals surface area contributed by atoms with Crippen LogP contribution in [0.3, 0.4) is 0 Å². The van der Waals surface area contributed by atoms with Gasteiger partial charge in [0.15, 0.2) is 0 Å². The highest BCUT2D eigenvalue weighted by Crippen LogP contribution is 2.25. The van der Waals surface area contributed by atoms with Crippen molar-refractivity contribution in [3.8, 4) is 0 Å². The molecule has 0 bridgehead atoms. The molecule has 5 heteroatoms. The van der Waals surface area contributed by atoms with Crippen LogP contribution in [0.5, 0.6) is 0 Å². The standard InChI is InChI=1S/C16H16N2O3/c19-18(20)14-6-3-4-12(8-14)9-17-16-11-21-10-13-5-1-2-7-15(13)16/h1-8,16-17H,9-11H2. The van der Waals surface area contributed by atoms with Crippen LogP contribution in [-0.4, -0.2) is 11.5 Å². The zero-order chi connectivity index (χ0) is 14.7. The van der Waals surface area contributed by atoms with Gasteiger partial charge in [-0.15, -0.1) is 0 Å². The van der Waals surface area contributed by atoms with E-state index in [1.54, 1.807) is 12.1 Å². The van der Waals surface area contributed by atoms with Gasteiger partial charge in [-0.2, -0.15) is 0 Å². The number of hydrogen-bond donors (Lipinski definition) is 1. The highest BCUT2D eigenvalue weighted by molar-refractivity contribution is 5.35. The number of ether oxygens (including phenoxy) is 1. The largest absolute Gasteiger partial charge is 0.375 e. The van der Waals surface area contributed by atoms with Crippen LogP contribution in [0.1, 0.15) is 22.7 Å². The van der Waals surface area contributed by atoms with Crippen LogP contribution >= 0.6 is 0 Å². The first-order valence-electron chi connectivity index (χ1n) is 6.86. The minimum Gasteiger partial charge on any atom is -0.375 e. The van der Waals surface area contributed by atoms with E-state index in [4.69, 9.17) is 4.74 Å². The normalized spacial score (nSPS) is 17.2. The molecule has 0 fully saturated rings. The maximum Gasteiger partial charge on any atom is 0.269 e. The van der Waals surface area contributed by atoms with Crippen LogP contribution in [-0.2, 0) is 17.9 Å². The van der Waals surface area contributed by atoms with Gasteiger partial charge in [-0.3, -0.25) is 10.1 Å². The third-order valence-corrected chi connectivity index (χ3v) is 3.65. The Labute approximate surface area is 122 Å². The summed E-state index contributed by atoms with van der Waals surface area (Å²) in [6.45, 7) is 1.83. The molecule has 108 valence electrons. The molecule has 2 aromatic rings. The molecular weight excluding hydrogens is 268 g/mol. The molecule has 0 saturated heterocycles. The van der Waals surface area contributed by atoms with Gasteiger partial charge < -0.3 is 10.1 Å². The lowest BCUT2D eigenvalue weighted by molar-refractivity contribution is -0.384. The Morgan fingerprint density at radius 1 is 1.24 bits per heavy atom. The van der Waals surface area contributed by atoms with Crippen LogP contribution in [0.15, 0.2) is 48.5 Å². The van der Waals surface area contributed by atoms with E-state index >= 15 is 0 Å². The zero-order valence-corrected chi connectivity index (χ0v) is 11.5. The summed E-state index contributed by atoms with van der Waals surface area (Å²) in [6.07, 6.45) is 0. The van der Waals surface area contributed by atoms with Gasteiger partial charge in [0.25, 0.3) is 5.69 Å². The summed E-state index contributed by atoms with van der Waals surface area (Å²) in [4.78, 5) is 10.4. The van der Waals surface area contributed by atoms with Crippen molar-refractivity contribution in [3.05, 3.63) is 75.3 Å². The van der Waals surface area contributed by atoms with Gasteiger partial charge in [-0.25, -0.2) is 0 Å². The van der Waals surface area contributed by atoms with E-state index in [0.29, 0.717) is 19.8 Å². The van der Waals surface area contributed by atoms with Crippen LogP contribution in [0.25, 0.3) is 0 Å². The number of nitrogens with one attached hydrogen (secondary N) is 1. The third kappa shape index (κ3) is 3.09. The van der Waals surface area contributed by atoms with Gasteiger partial charge >= 0.3 is 0 Å². The van der Waals surface area contributed by atoms with Gasteiger partial charge in [0.1, 0.15) is 0 Å². The average Bonchev–Trinajstić information content (AvgIpc) is 2.53. The Bertz CT molecular complexity index is 657. The van der Waals surface area contributed by atoms with Gasteiger partial charge in [-0.1, -0.05) is 36.4 Å². The molecule has 5 nitrogen and oxygen atoms in total. The monoisotopic (exact) mass is 284 g/mol. The molecule has 0 aliphatic carbocycles. The van der Waals surface area contributed by atoms with Gasteiger partial charge in [0.05, 0.1) is 24.2 Å². The highest BCUT2D eigenvalue weighted by Gasteiger charge is 2.19. The van der Waals surface area contributed by atoms with Crippen molar-refractivity contribution >= 4 is 5.69 Å². The molecule has 1 aliphatic heterocycles. The van der Waals surface area contributed by atoms with Crippen molar-refractivity contribution < 1.29 is 9.66 Å². The zero-order valence-electron chi connectivity index (χ0n) is 11.5. The first kappa shape index (κ1) is 13.7. The third-order valence-electron chi connectivity index (χ3n) is 3.65. The van der Waals surface area contributed by atoms with Crippen molar-refractivity contribution in [1.82, 2.24) is 5.32 Å².